The van der Waals surface area contributed by atoms with Crippen LogP contribution >= 0.6 is 23.2 Å². The van der Waals surface area contributed by atoms with E-state index in [1.165, 1.54) is 17.2 Å². The highest BCUT2D eigenvalue weighted by Crippen LogP contribution is 2.33. The molecule has 2 amide bonds. The number of aliphatic hydroxyl groups is 1. The zero-order valence-electron chi connectivity index (χ0n) is 13.8. The lowest BCUT2D eigenvalue weighted by Gasteiger charge is -2.38. The molecule has 3 rings (SSSR count). The molecular formula is C18H17Cl2N3O3. The van der Waals surface area contributed by atoms with Crippen molar-refractivity contribution < 1.29 is 14.7 Å². The van der Waals surface area contributed by atoms with E-state index in [4.69, 9.17) is 23.2 Å². The van der Waals surface area contributed by atoms with Crippen LogP contribution < -0.4 is 5.32 Å². The van der Waals surface area contributed by atoms with Gasteiger partial charge in [-0.3, -0.25) is 9.59 Å². The molecule has 1 aromatic carbocycles. The first-order chi connectivity index (χ1) is 12.4. The number of nitrogens with zero attached hydrogens (tertiary/aromatic N) is 2. The fourth-order valence-electron chi connectivity index (χ4n) is 2.94. The Morgan fingerprint density at radius 1 is 1.12 bits per heavy atom. The number of amides is 2. The van der Waals surface area contributed by atoms with Crippen LogP contribution in [0.2, 0.25) is 10.2 Å². The van der Waals surface area contributed by atoms with Crippen molar-refractivity contribution in [1.29, 1.82) is 0 Å². The number of nitrogens with one attached hydrogen (secondary N) is 1. The van der Waals surface area contributed by atoms with E-state index in [1.807, 2.05) is 0 Å². The third-order valence-electron chi connectivity index (χ3n) is 4.44. The summed E-state index contributed by atoms with van der Waals surface area (Å²) in [4.78, 5) is 29.7. The van der Waals surface area contributed by atoms with E-state index in [1.54, 1.807) is 30.3 Å². The Morgan fingerprint density at radius 3 is 2.38 bits per heavy atom. The Labute approximate surface area is 160 Å². The number of hydrogen-bond acceptors (Lipinski definition) is 4. The number of benzene rings is 1. The molecule has 1 fully saturated rings. The summed E-state index contributed by atoms with van der Waals surface area (Å²) in [6.45, 7) is 0.560. The lowest BCUT2D eigenvalue weighted by Crippen LogP contribution is -2.48. The number of aromatic nitrogens is 1. The summed E-state index contributed by atoms with van der Waals surface area (Å²) in [5.74, 6) is -1.39. The van der Waals surface area contributed by atoms with Gasteiger partial charge in [0.2, 0.25) is 0 Å². The Bertz CT molecular complexity index is 819. The number of carbonyl (C=O) groups excluding carboxylic acids is 2. The van der Waals surface area contributed by atoms with Gasteiger partial charge in [0.05, 0.1) is 5.60 Å². The van der Waals surface area contributed by atoms with Crippen LogP contribution in [0.4, 0.5) is 5.69 Å². The van der Waals surface area contributed by atoms with Crippen LogP contribution in [-0.2, 0) is 15.2 Å². The van der Waals surface area contributed by atoms with Crippen molar-refractivity contribution in [1.82, 2.24) is 9.88 Å². The summed E-state index contributed by atoms with van der Waals surface area (Å²) >= 11 is 11.6. The van der Waals surface area contributed by atoms with Gasteiger partial charge in [0.1, 0.15) is 5.15 Å². The van der Waals surface area contributed by atoms with Crippen LogP contribution in [-0.4, -0.2) is 39.9 Å². The summed E-state index contributed by atoms with van der Waals surface area (Å²) in [5, 5.41) is 14.2. The van der Waals surface area contributed by atoms with E-state index in [9.17, 15) is 14.7 Å². The van der Waals surface area contributed by atoms with Gasteiger partial charge in [0.25, 0.3) is 0 Å². The minimum absolute atomic E-state index is 0.223. The van der Waals surface area contributed by atoms with Crippen molar-refractivity contribution in [3.8, 4) is 0 Å². The molecule has 0 atom stereocenters. The largest absolute Gasteiger partial charge is 0.385 e. The molecule has 8 heteroatoms. The second-order valence-electron chi connectivity index (χ2n) is 6.15. The quantitative estimate of drug-likeness (QED) is 0.606. The predicted octanol–water partition coefficient (Wildman–Crippen LogP) is 2.84. The van der Waals surface area contributed by atoms with Crippen molar-refractivity contribution in [2.45, 2.75) is 18.4 Å². The Hall–Kier alpha value is -2.15. The van der Waals surface area contributed by atoms with Crippen LogP contribution in [0, 0.1) is 0 Å². The Balaban J connectivity index is 1.61. The first-order valence-electron chi connectivity index (χ1n) is 8.08. The standard InChI is InChI=1S/C18H17Cl2N3O3/c19-13-3-1-12(2-4-13)18(26)6-9-23(10-7-18)17(25)16(24)22-14-5-8-21-15(20)11-14/h1-5,8,11,26H,6-7,9-10H2,(H,21,22,24). The van der Waals surface area contributed by atoms with Gasteiger partial charge in [0, 0.05) is 30.0 Å². The maximum Gasteiger partial charge on any atom is 0.313 e. The molecule has 26 heavy (non-hydrogen) atoms. The van der Waals surface area contributed by atoms with E-state index >= 15 is 0 Å². The van der Waals surface area contributed by atoms with Gasteiger partial charge >= 0.3 is 11.8 Å². The number of rotatable bonds is 2. The summed E-state index contributed by atoms with van der Waals surface area (Å²) in [7, 11) is 0. The lowest BCUT2D eigenvalue weighted by molar-refractivity contribution is -0.146. The summed E-state index contributed by atoms with van der Waals surface area (Å²) < 4.78 is 0. The number of halogens is 2. The molecule has 1 aromatic heterocycles. The Kier molecular flexibility index (Phi) is 5.46. The normalized spacial score (nSPS) is 16.2. The first kappa shape index (κ1) is 18.6. The molecule has 0 unspecified atom stereocenters. The zero-order valence-corrected chi connectivity index (χ0v) is 15.3. The molecule has 6 nitrogen and oxygen atoms in total. The Morgan fingerprint density at radius 2 is 1.77 bits per heavy atom. The fraction of sp³-hybridized carbons (Fsp3) is 0.278. The molecule has 2 aromatic rings. The van der Waals surface area contributed by atoms with Crippen molar-refractivity contribution in [2.24, 2.45) is 0 Å². The fourth-order valence-corrected chi connectivity index (χ4v) is 3.24. The van der Waals surface area contributed by atoms with Gasteiger partial charge in [-0.1, -0.05) is 35.3 Å². The number of hydrogen-bond donors (Lipinski definition) is 2. The second-order valence-corrected chi connectivity index (χ2v) is 6.98. The molecule has 0 saturated carbocycles. The van der Waals surface area contributed by atoms with Crippen LogP contribution in [0.15, 0.2) is 42.6 Å². The molecule has 0 aliphatic carbocycles. The molecule has 0 bridgehead atoms. The summed E-state index contributed by atoms with van der Waals surface area (Å²) in [6, 6.07) is 10.0. The van der Waals surface area contributed by atoms with Gasteiger partial charge < -0.3 is 15.3 Å². The van der Waals surface area contributed by atoms with E-state index < -0.39 is 17.4 Å². The maximum atomic E-state index is 12.3. The minimum atomic E-state index is -1.03. The van der Waals surface area contributed by atoms with Gasteiger partial charge in [-0.15, -0.1) is 0 Å². The maximum absolute atomic E-state index is 12.3. The highest BCUT2D eigenvalue weighted by atomic mass is 35.5. The molecule has 1 saturated heterocycles. The van der Waals surface area contributed by atoms with Gasteiger partial charge in [-0.25, -0.2) is 4.98 Å². The molecule has 1 aliphatic rings. The topological polar surface area (TPSA) is 82.5 Å². The average Bonchev–Trinajstić information content (AvgIpc) is 2.62. The van der Waals surface area contributed by atoms with Crippen LogP contribution in [0.25, 0.3) is 0 Å². The SMILES string of the molecule is O=C(Nc1ccnc(Cl)c1)C(=O)N1CCC(O)(c2ccc(Cl)cc2)CC1. The van der Waals surface area contributed by atoms with Gasteiger partial charge in [-0.2, -0.15) is 0 Å². The van der Waals surface area contributed by atoms with Crippen LogP contribution in [0.1, 0.15) is 18.4 Å². The number of likely N-dealkylation sites (tertiary alicyclic amines) is 1. The lowest BCUT2D eigenvalue weighted by atomic mass is 9.84. The number of carbonyl (C=O) groups is 2. The molecule has 0 radical (unpaired) electrons. The minimum Gasteiger partial charge on any atom is -0.385 e. The van der Waals surface area contributed by atoms with Crippen molar-refractivity contribution >= 4 is 40.7 Å². The first-order valence-corrected chi connectivity index (χ1v) is 8.83. The molecule has 2 heterocycles. The van der Waals surface area contributed by atoms with E-state index in [0.29, 0.717) is 23.6 Å². The molecule has 136 valence electrons. The van der Waals surface area contributed by atoms with Crippen LogP contribution in [0.3, 0.4) is 0 Å². The molecule has 1 aliphatic heterocycles. The monoisotopic (exact) mass is 393 g/mol. The van der Waals surface area contributed by atoms with Crippen molar-refractivity contribution in [3.63, 3.8) is 0 Å². The van der Waals surface area contributed by atoms with E-state index in [0.717, 1.165) is 5.56 Å². The summed E-state index contributed by atoms with van der Waals surface area (Å²) in [5.41, 5.74) is 0.124. The molecular weight excluding hydrogens is 377 g/mol. The zero-order chi connectivity index (χ0) is 18.7. The number of anilines is 1. The highest BCUT2D eigenvalue weighted by molar-refractivity contribution is 6.39. The predicted molar refractivity (Wildman–Crippen MR) is 99.0 cm³/mol. The van der Waals surface area contributed by atoms with Crippen molar-refractivity contribution in [3.05, 3.63) is 58.3 Å². The van der Waals surface area contributed by atoms with Crippen molar-refractivity contribution in [2.75, 3.05) is 18.4 Å². The smallest absolute Gasteiger partial charge is 0.313 e. The molecule has 2 N–H and O–H groups in total. The van der Waals surface area contributed by atoms with E-state index in [-0.39, 0.29) is 18.2 Å². The van der Waals surface area contributed by atoms with Gasteiger partial charge in [-0.05, 0) is 42.7 Å². The second kappa shape index (κ2) is 7.61. The number of piperidine rings is 1. The van der Waals surface area contributed by atoms with E-state index in [2.05, 4.69) is 10.3 Å². The molecule has 0 spiro atoms. The number of pyridine rings is 1. The highest BCUT2D eigenvalue weighted by Gasteiger charge is 2.36. The average molecular weight is 394 g/mol. The van der Waals surface area contributed by atoms with Gasteiger partial charge in [0.15, 0.2) is 0 Å². The third kappa shape index (κ3) is 4.15. The third-order valence-corrected chi connectivity index (χ3v) is 4.90. The summed E-state index contributed by atoms with van der Waals surface area (Å²) in [6.07, 6.45) is 2.12. The van der Waals surface area contributed by atoms with Crippen LogP contribution in [0.5, 0.6) is 0 Å².